The van der Waals surface area contributed by atoms with Gasteiger partial charge in [-0.25, -0.2) is 13.8 Å². The number of aromatic amines is 1. The van der Waals surface area contributed by atoms with E-state index in [1.807, 2.05) is 0 Å². The molecule has 2 aromatic rings. The third-order valence-corrected chi connectivity index (χ3v) is 7.22. The molecule has 0 amide bonds. The number of benzene rings is 1. The maximum absolute atomic E-state index is 14.7. The molecule has 2 heterocycles. The number of halogens is 1. The molecule has 1 aliphatic rings. The Labute approximate surface area is 201 Å². The highest BCUT2D eigenvalue weighted by Gasteiger charge is 2.40. The zero-order valence-corrected chi connectivity index (χ0v) is 20.8. The molecular weight excluding hydrogens is 486 g/mol. The largest absolute Gasteiger partial charge is 0.463 e. The molecule has 0 saturated carbocycles. The Bertz CT molecular complexity index is 1140. The zero-order chi connectivity index (χ0) is 24.9. The van der Waals surface area contributed by atoms with Crippen molar-refractivity contribution in [2.45, 2.75) is 51.8 Å². The zero-order valence-electron chi connectivity index (χ0n) is 19.1. The second kappa shape index (κ2) is 11.4. The van der Waals surface area contributed by atoms with Crippen molar-refractivity contribution in [3.8, 4) is 5.75 Å². The number of carbonyl (C=O) groups excluding carboxylic acids is 1. The second-order valence-corrected chi connectivity index (χ2v) is 10.8. The van der Waals surface area contributed by atoms with Crippen molar-refractivity contribution in [2.75, 3.05) is 12.8 Å². The summed E-state index contributed by atoms with van der Waals surface area (Å²) in [5.41, 5.74) is -0.600. The predicted octanol–water partition coefficient (Wildman–Crippen LogP) is 4.41. The Kier molecular flexibility index (Phi) is 8.81. The molecule has 1 aromatic heterocycles. The molecule has 1 N–H and O–H groups in total. The second-order valence-electron chi connectivity index (χ2n) is 8.30. The quantitative estimate of drug-likeness (QED) is 0.282. The summed E-state index contributed by atoms with van der Waals surface area (Å²) in [5.74, 6) is -0.999. The fraction of sp³-hybridized carbons (Fsp3) is 0.500. The van der Waals surface area contributed by atoms with Crippen molar-refractivity contribution in [2.24, 2.45) is 5.92 Å². The number of esters is 1. The van der Waals surface area contributed by atoms with E-state index in [4.69, 9.17) is 30.7 Å². The molecule has 5 atom stereocenters. The predicted molar refractivity (Wildman–Crippen MR) is 125 cm³/mol. The number of ether oxygens (including phenoxy) is 2. The van der Waals surface area contributed by atoms with Crippen LogP contribution >= 0.6 is 19.8 Å². The lowest BCUT2D eigenvalue weighted by Crippen LogP contribution is -2.30. The Morgan fingerprint density at radius 2 is 2.00 bits per heavy atom. The van der Waals surface area contributed by atoms with Crippen LogP contribution in [0.15, 0.2) is 47.4 Å². The van der Waals surface area contributed by atoms with Gasteiger partial charge in [0, 0.05) is 12.6 Å². The first-order valence-corrected chi connectivity index (χ1v) is 13.0. The third kappa shape index (κ3) is 7.09. The van der Waals surface area contributed by atoms with Gasteiger partial charge in [-0.1, -0.05) is 37.3 Å². The van der Waals surface area contributed by atoms with Crippen LogP contribution in [-0.4, -0.2) is 46.7 Å². The van der Waals surface area contributed by atoms with Gasteiger partial charge in [0.15, 0.2) is 6.23 Å². The SMILES string of the molecule is CC(C)OC(=O)[C@H](C)CP(=O)(OC[C@@H]1CC(F)[C@H](n2ccc(=S)[nH]c2=O)O1)Oc1ccccc1. The summed E-state index contributed by atoms with van der Waals surface area (Å²) in [6.07, 6.45) is -2.76. The summed E-state index contributed by atoms with van der Waals surface area (Å²) in [6, 6.07) is 9.86. The molecule has 1 saturated heterocycles. The lowest BCUT2D eigenvalue weighted by atomic mass is 10.2. The average Bonchev–Trinajstić information content (AvgIpc) is 3.13. The van der Waals surface area contributed by atoms with Crippen molar-refractivity contribution in [3.63, 3.8) is 0 Å². The van der Waals surface area contributed by atoms with E-state index in [1.54, 1.807) is 51.1 Å². The summed E-state index contributed by atoms with van der Waals surface area (Å²) in [6.45, 7) is 4.74. The number of carbonyl (C=O) groups is 1. The van der Waals surface area contributed by atoms with Gasteiger partial charge in [-0.15, -0.1) is 0 Å². The van der Waals surface area contributed by atoms with Crippen LogP contribution in [0.25, 0.3) is 0 Å². The van der Waals surface area contributed by atoms with Crippen LogP contribution in [0, 0.1) is 10.6 Å². The number of rotatable bonds is 10. The highest BCUT2D eigenvalue weighted by molar-refractivity contribution is 7.71. The Hall–Kier alpha value is -2.33. The number of aromatic nitrogens is 2. The van der Waals surface area contributed by atoms with Crippen LogP contribution < -0.4 is 10.2 Å². The normalized spacial score (nSPS) is 22.8. The fourth-order valence-electron chi connectivity index (χ4n) is 3.39. The van der Waals surface area contributed by atoms with Crippen molar-refractivity contribution < 1.29 is 32.3 Å². The molecule has 186 valence electrons. The minimum absolute atomic E-state index is 0.0803. The number of hydrogen-bond acceptors (Lipinski definition) is 8. The van der Waals surface area contributed by atoms with Gasteiger partial charge in [0.25, 0.3) is 0 Å². The van der Waals surface area contributed by atoms with E-state index in [1.165, 1.54) is 12.3 Å². The maximum Gasteiger partial charge on any atom is 0.380 e. The first-order chi connectivity index (χ1) is 16.1. The Balaban J connectivity index is 1.71. The molecule has 1 aliphatic heterocycles. The van der Waals surface area contributed by atoms with Crippen LogP contribution in [0.3, 0.4) is 0 Å². The molecule has 34 heavy (non-hydrogen) atoms. The first-order valence-electron chi connectivity index (χ1n) is 10.9. The van der Waals surface area contributed by atoms with Gasteiger partial charge in [-0.2, -0.15) is 0 Å². The van der Waals surface area contributed by atoms with Gasteiger partial charge in [0.05, 0.1) is 30.9 Å². The van der Waals surface area contributed by atoms with Crippen molar-refractivity contribution in [1.82, 2.24) is 9.55 Å². The van der Waals surface area contributed by atoms with Crippen LogP contribution in [0.5, 0.6) is 5.75 Å². The highest BCUT2D eigenvalue weighted by atomic mass is 32.1. The number of nitrogens with zero attached hydrogens (tertiary/aromatic N) is 1. The van der Waals surface area contributed by atoms with E-state index in [0.717, 1.165) is 4.57 Å². The summed E-state index contributed by atoms with van der Waals surface area (Å²) in [4.78, 5) is 26.8. The van der Waals surface area contributed by atoms with Gasteiger partial charge in [0.1, 0.15) is 16.6 Å². The lowest BCUT2D eigenvalue weighted by molar-refractivity contribution is -0.151. The van der Waals surface area contributed by atoms with Crippen molar-refractivity contribution >= 4 is 25.8 Å². The van der Waals surface area contributed by atoms with Crippen molar-refractivity contribution in [3.05, 3.63) is 57.7 Å². The van der Waals surface area contributed by atoms with E-state index in [2.05, 4.69) is 4.98 Å². The standard InChI is InChI=1S/C22H28FN2O7PS/c1-14(2)30-21(26)15(3)13-33(28,32-16-7-5-4-6-8-16)29-12-17-11-18(23)20(31-17)25-10-9-19(34)24-22(25)27/h4-10,14-15,17-18,20H,11-13H2,1-3H3,(H,24,27,34)/t15-,17+,18?,20-,33?/m1/s1. The molecule has 2 unspecified atom stereocenters. The van der Waals surface area contributed by atoms with E-state index < -0.39 is 43.7 Å². The molecule has 0 spiro atoms. The minimum Gasteiger partial charge on any atom is -0.463 e. The minimum atomic E-state index is -3.87. The van der Waals surface area contributed by atoms with E-state index in [9.17, 15) is 18.5 Å². The smallest absolute Gasteiger partial charge is 0.380 e. The molecule has 1 fully saturated rings. The molecule has 0 bridgehead atoms. The summed E-state index contributed by atoms with van der Waals surface area (Å²) in [5, 5.41) is 0. The van der Waals surface area contributed by atoms with Gasteiger partial charge >= 0.3 is 19.3 Å². The van der Waals surface area contributed by atoms with E-state index >= 15 is 0 Å². The number of H-pyrrole nitrogens is 1. The topological polar surface area (TPSA) is 109 Å². The number of hydrogen-bond donors (Lipinski definition) is 1. The first kappa shape index (κ1) is 26.3. The highest BCUT2D eigenvalue weighted by Crippen LogP contribution is 2.50. The molecule has 12 heteroatoms. The number of nitrogens with one attached hydrogen (secondary N) is 1. The van der Waals surface area contributed by atoms with Gasteiger partial charge in [-0.3, -0.25) is 18.9 Å². The monoisotopic (exact) mass is 514 g/mol. The van der Waals surface area contributed by atoms with Gasteiger partial charge in [-0.05, 0) is 32.0 Å². The lowest BCUT2D eigenvalue weighted by Gasteiger charge is -2.23. The summed E-state index contributed by atoms with van der Waals surface area (Å²) < 4.78 is 51.7. The fourth-order valence-corrected chi connectivity index (χ4v) is 5.43. The van der Waals surface area contributed by atoms with Crippen LogP contribution in [0.1, 0.15) is 33.4 Å². The van der Waals surface area contributed by atoms with Crippen LogP contribution in [0.4, 0.5) is 4.39 Å². The number of para-hydroxylation sites is 1. The average molecular weight is 515 g/mol. The molecular formula is C22H28FN2O7PS. The molecule has 0 radical (unpaired) electrons. The van der Waals surface area contributed by atoms with Crippen LogP contribution in [-0.2, 0) is 23.4 Å². The molecule has 0 aliphatic carbocycles. The van der Waals surface area contributed by atoms with Gasteiger partial charge < -0.3 is 14.0 Å². The number of alkyl halides is 1. The Morgan fingerprint density at radius 1 is 1.29 bits per heavy atom. The molecule has 3 rings (SSSR count). The molecule has 9 nitrogen and oxygen atoms in total. The van der Waals surface area contributed by atoms with E-state index in [0.29, 0.717) is 5.75 Å². The van der Waals surface area contributed by atoms with Crippen molar-refractivity contribution in [1.29, 1.82) is 0 Å². The summed E-state index contributed by atoms with van der Waals surface area (Å²) in [7, 11) is -3.87. The molecule has 1 aromatic carbocycles. The maximum atomic E-state index is 14.7. The van der Waals surface area contributed by atoms with Gasteiger partial charge in [0.2, 0.25) is 0 Å². The summed E-state index contributed by atoms with van der Waals surface area (Å²) >= 11 is 4.90. The van der Waals surface area contributed by atoms with E-state index in [-0.39, 0.29) is 29.9 Å². The Morgan fingerprint density at radius 3 is 2.65 bits per heavy atom. The van der Waals surface area contributed by atoms with Crippen LogP contribution in [0.2, 0.25) is 0 Å². The third-order valence-electron chi connectivity index (χ3n) is 4.95.